The van der Waals surface area contributed by atoms with Crippen LogP contribution in [0, 0.1) is 5.92 Å². The second-order valence-corrected chi connectivity index (χ2v) is 3.56. The minimum absolute atomic E-state index is 0.205. The Morgan fingerprint density at radius 1 is 1.33 bits per heavy atom. The van der Waals surface area contributed by atoms with Crippen LogP contribution in [0.15, 0.2) is 5.11 Å². The zero-order valence-electron chi connectivity index (χ0n) is 7.02. The van der Waals surface area contributed by atoms with E-state index in [4.69, 9.17) is 10.3 Å². The molecule has 0 N–H and O–H groups in total. The van der Waals surface area contributed by atoms with Crippen LogP contribution >= 0.6 is 0 Å². The summed E-state index contributed by atoms with van der Waals surface area (Å²) in [5, 5.41) is 3.83. The summed E-state index contributed by atoms with van der Waals surface area (Å²) in [4.78, 5) is 2.89. The van der Waals surface area contributed by atoms with Crippen LogP contribution in [0.1, 0.15) is 25.7 Å². The Morgan fingerprint density at radius 2 is 2.25 bits per heavy atom. The third-order valence-corrected chi connectivity index (χ3v) is 2.94. The third-order valence-electron chi connectivity index (χ3n) is 2.94. The molecule has 1 aliphatic carbocycles. The summed E-state index contributed by atoms with van der Waals surface area (Å²) in [6.07, 6.45) is 4.85. The van der Waals surface area contributed by atoms with Gasteiger partial charge in [-0.15, -0.1) is 0 Å². The monoisotopic (exact) mass is 167 g/mol. The van der Waals surface area contributed by atoms with E-state index in [0.717, 1.165) is 19.4 Å². The van der Waals surface area contributed by atoms with Crippen LogP contribution in [0.25, 0.3) is 10.4 Å². The summed E-state index contributed by atoms with van der Waals surface area (Å²) >= 11 is 0. The lowest BCUT2D eigenvalue weighted by Gasteiger charge is -2.30. The summed E-state index contributed by atoms with van der Waals surface area (Å²) in [6, 6.07) is 0.205. The van der Waals surface area contributed by atoms with Crippen molar-refractivity contribution in [3.8, 4) is 0 Å². The molecule has 0 aromatic carbocycles. The lowest BCUT2D eigenvalue weighted by atomic mass is 9.92. The number of hydrogen-bond donors (Lipinski definition) is 0. The fourth-order valence-corrected chi connectivity index (χ4v) is 2.37. The molecular weight excluding hydrogens is 154 g/mol. The van der Waals surface area contributed by atoms with Crippen LogP contribution in [0.4, 0.5) is 0 Å². The normalized spacial score (nSPS) is 40.2. The van der Waals surface area contributed by atoms with Gasteiger partial charge in [0.05, 0.1) is 6.10 Å². The lowest BCUT2D eigenvalue weighted by Crippen LogP contribution is -2.34. The first kappa shape index (κ1) is 7.90. The highest BCUT2D eigenvalue weighted by atomic mass is 16.5. The van der Waals surface area contributed by atoms with E-state index in [1.165, 1.54) is 12.8 Å². The average Bonchev–Trinajstić information content (AvgIpc) is 2.53. The van der Waals surface area contributed by atoms with Crippen LogP contribution in [0.2, 0.25) is 0 Å². The van der Waals surface area contributed by atoms with E-state index in [1.54, 1.807) is 0 Å². The molecule has 1 aliphatic heterocycles. The van der Waals surface area contributed by atoms with Gasteiger partial charge in [-0.1, -0.05) is 11.5 Å². The van der Waals surface area contributed by atoms with Crippen LogP contribution in [-0.2, 0) is 4.74 Å². The Morgan fingerprint density at radius 3 is 3.08 bits per heavy atom. The summed E-state index contributed by atoms with van der Waals surface area (Å²) in [5.41, 5.74) is 8.36. The second kappa shape index (κ2) is 3.33. The molecule has 1 saturated carbocycles. The predicted octanol–water partition coefficient (Wildman–Crippen LogP) is 2.25. The maximum absolute atomic E-state index is 8.36. The molecule has 0 amide bonds. The average molecular weight is 167 g/mol. The lowest BCUT2D eigenvalue weighted by molar-refractivity contribution is -0.0191. The van der Waals surface area contributed by atoms with Gasteiger partial charge in [0.2, 0.25) is 0 Å². The van der Waals surface area contributed by atoms with Gasteiger partial charge >= 0.3 is 0 Å². The molecule has 0 spiro atoms. The van der Waals surface area contributed by atoms with E-state index in [9.17, 15) is 0 Å². The number of rotatable bonds is 1. The van der Waals surface area contributed by atoms with Crippen molar-refractivity contribution in [3.05, 3.63) is 10.4 Å². The molecule has 1 saturated heterocycles. The molecule has 0 aromatic rings. The smallest absolute Gasteiger partial charge is 0.0607 e. The molecule has 4 nitrogen and oxygen atoms in total. The van der Waals surface area contributed by atoms with Gasteiger partial charge in [0.25, 0.3) is 0 Å². The van der Waals surface area contributed by atoms with Crippen molar-refractivity contribution in [2.45, 2.75) is 37.8 Å². The van der Waals surface area contributed by atoms with Crippen molar-refractivity contribution in [1.82, 2.24) is 0 Å². The highest BCUT2D eigenvalue weighted by Gasteiger charge is 2.36. The Hall–Kier alpha value is -0.730. The van der Waals surface area contributed by atoms with Gasteiger partial charge in [-0.3, -0.25) is 0 Å². The Labute approximate surface area is 71.5 Å². The fourth-order valence-electron chi connectivity index (χ4n) is 2.37. The zero-order chi connectivity index (χ0) is 8.39. The van der Waals surface area contributed by atoms with Crippen LogP contribution in [0.5, 0.6) is 0 Å². The molecule has 2 fully saturated rings. The maximum Gasteiger partial charge on any atom is 0.0607 e. The van der Waals surface area contributed by atoms with E-state index >= 15 is 0 Å². The highest BCUT2D eigenvalue weighted by molar-refractivity contribution is 4.90. The Bertz CT molecular complexity index is 212. The molecule has 0 unspecified atom stereocenters. The van der Waals surface area contributed by atoms with Crippen LogP contribution in [0.3, 0.4) is 0 Å². The van der Waals surface area contributed by atoms with Gasteiger partial charge in [0.15, 0.2) is 0 Å². The molecule has 3 atom stereocenters. The van der Waals surface area contributed by atoms with E-state index in [1.807, 2.05) is 0 Å². The van der Waals surface area contributed by atoms with Crippen molar-refractivity contribution in [2.75, 3.05) is 6.61 Å². The van der Waals surface area contributed by atoms with Crippen molar-refractivity contribution < 1.29 is 4.74 Å². The highest BCUT2D eigenvalue weighted by Crippen LogP contribution is 2.36. The summed E-state index contributed by atoms with van der Waals surface area (Å²) in [7, 11) is 0. The molecule has 0 radical (unpaired) electrons. The Kier molecular flexibility index (Phi) is 2.19. The van der Waals surface area contributed by atoms with Gasteiger partial charge in [0, 0.05) is 17.6 Å². The standard InChI is InChI=1S/C8H13N3O/c9-11-10-7-4-5-12-8-3-1-2-6(7)8/h6-8H,1-5H2/t6-,7+,8+/m1/s1. The molecule has 12 heavy (non-hydrogen) atoms. The maximum atomic E-state index is 8.36. The Balaban J connectivity index is 2.08. The van der Waals surface area contributed by atoms with Crippen LogP contribution in [-0.4, -0.2) is 18.8 Å². The number of nitrogens with zero attached hydrogens (tertiary/aromatic N) is 3. The van der Waals surface area contributed by atoms with Crippen molar-refractivity contribution in [1.29, 1.82) is 0 Å². The van der Waals surface area contributed by atoms with E-state index < -0.39 is 0 Å². The van der Waals surface area contributed by atoms with Crippen molar-refractivity contribution in [2.24, 2.45) is 11.0 Å². The van der Waals surface area contributed by atoms with E-state index in [-0.39, 0.29) is 6.04 Å². The molecule has 1 heterocycles. The summed E-state index contributed by atoms with van der Waals surface area (Å²) in [5.74, 6) is 0.509. The number of ether oxygens (including phenoxy) is 1. The molecule has 2 rings (SSSR count). The second-order valence-electron chi connectivity index (χ2n) is 3.56. The molecule has 0 bridgehead atoms. The van der Waals surface area contributed by atoms with E-state index in [2.05, 4.69) is 10.0 Å². The van der Waals surface area contributed by atoms with Gasteiger partial charge in [-0.25, -0.2) is 0 Å². The van der Waals surface area contributed by atoms with Crippen molar-refractivity contribution >= 4 is 0 Å². The summed E-state index contributed by atoms with van der Waals surface area (Å²) in [6.45, 7) is 0.769. The molecule has 2 aliphatic rings. The first-order chi connectivity index (χ1) is 5.92. The first-order valence-corrected chi connectivity index (χ1v) is 4.57. The molecule has 0 aromatic heterocycles. The number of azide groups is 1. The van der Waals surface area contributed by atoms with Crippen LogP contribution < -0.4 is 0 Å². The topological polar surface area (TPSA) is 58.0 Å². The molecular formula is C8H13N3O. The van der Waals surface area contributed by atoms with E-state index in [0.29, 0.717) is 12.0 Å². The quantitative estimate of drug-likeness (QED) is 0.335. The van der Waals surface area contributed by atoms with Gasteiger partial charge < -0.3 is 4.74 Å². The zero-order valence-corrected chi connectivity index (χ0v) is 7.02. The SMILES string of the molecule is [N-]=[N+]=N[C@H]1CCO[C@H]2CCC[C@H]12. The fraction of sp³-hybridized carbons (Fsp3) is 1.00. The number of fused-ring (bicyclic) bond motifs is 1. The van der Waals surface area contributed by atoms with Crippen molar-refractivity contribution in [3.63, 3.8) is 0 Å². The molecule has 66 valence electrons. The minimum atomic E-state index is 0.205. The van der Waals surface area contributed by atoms with Gasteiger partial charge in [-0.05, 0) is 30.7 Å². The van der Waals surface area contributed by atoms with Gasteiger partial charge in [-0.2, -0.15) is 0 Å². The van der Waals surface area contributed by atoms with Gasteiger partial charge in [0.1, 0.15) is 0 Å². The number of hydrogen-bond acceptors (Lipinski definition) is 2. The summed E-state index contributed by atoms with van der Waals surface area (Å²) < 4.78 is 5.60. The minimum Gasteiger partial charge on any atom is -0.378 e. The predicted molar refractivity (Wildman–Crippen MR) is 44.6 cm³/mol. The first-order valence-electron chi connectivity index (χ1n) is 4.57. The third kappa shape index (κ3) is 1.28. The molecule has 4 heteroatoms. The largest absolute Gasteiger partial charge is 0.378 e.